The van der Waals surface area contributed by atoms with Gasteiger partial charge in [0.25, 0.3) is 5.91 Å². The van der Waals surface area contributed by atoms with E-state index in [1.807, 2.05) is 48.5 Å². The van der Waals surface area contributed by atoms with Gasteiger partial charge < -0.3 is 14.9 Å². The quantitative estimate of drug-likeness (QED) is 0.634. The molecule has 1 aromatic carbocycles. The highest BCUT2D eigenvalue weighted by Crippen LogP contribution is 2.29. The van der Waals surface area contributed by atoms with E-state index in [1.54, 1.807) is 17.5 Å². The average Bonchev–Trinajstić information content (AvgIpc) is 3.33. The lowest BCUT2D eigenvalue weighted by molar-refractivity contribution is -0.166. The van der Waals surface area contributed by atoms with Gasteiger partial charge in [-0.15, -0.1) is 0 Å². The van der Waals surface area contributed by atoms with Crippen molar-refractivity contribution >= 4 is 23.2 Å². The standard InChI is InChI=1S/C22H22N4O4/c1-15-19(26-11-7-6-10-18(26)24-15)20(27)23-14-17-13-22(30-25-17,21(28)29-2)12-16-8-4-3-5-9-16/h3-11H,12-14H2,1-2H3,(H,23,27). The number of nitrogens with zero attached hydrogens (tertiary/aromatic N) is 3. The highest BCUT2D eigenvalue weighted by Gasteiger charge is 2.47. The van der Waals surface area contributed by atoms with E-state index in [0.717, 1.165) is 5.56 Å². The van der Waals surface area contributed by atoms with Crippen LogP contribution in [0, 0.1) is 6.92 Å². The van der Waals surface area contributed by atoms with Crippen molar-refractivity contribution in [2.45, 2.75) is 25.4 Å². The second-order valence-corrected chi connectivity index (χ2v) is 7.23. The number of oxime groups is 1. The third kappa shape index (κ3) is 3.63. The topological polar surface area (TPSA) is 94.3 Å². The maximum atomic E-state index is 12.8. The van der Waals surface area contributed by atoms with E-state index in [1.165, 1.54) is 7.11 Å². The Labute approximate surface area is 173 Å². The van der Waals surface area contributed by atoms with Crippen LogP contribution >= 0.6 is 0 Å². The molecule has 1 aliphatic heterocycles. The molecule has 0 spiro atoms. The molecule has 0 aliphatic carbocycles. The smallest absolute Gasteiger partial charge is 0.353 e. The third-order valence-electron chi connectivity index (χ3n) is 5.10. The van der Waals surface area contributed by atoms with Crippen molar-refractivity contribution in [2.75, 3.05) is 13.7 Å². The first-order valence-corrected chi connectivity index (χ1v) is 9.60. The molecule has 30 heavy (non-hydrogen) atoms. The number of carbonyl (C=O) groups excluding carboxylic acids is 2. The summed E-state index contributed by atoms with van der Waals surface area (Å²) < 4.78 is 6.71. The second kappa shape index (κ2) is 7.98. The summed E-state index contributed by atoms with van der Waals surface area (Å²) in [6.07, 6.45) is 2.36. The summed E-state index contributed by atoms with van der Waals surface area (Å²) in [4.78, 5) is 35.2. The van der Waals surface area contributed by atoms with E-state index in [9.17, 15) is 9.59 Å². The van der Waals surface area contributed by atoms with Gasteiger partial charge in [-0.1, -0.05) is 41.6 Å². The Bertz CT molecular complexity index is 1120. The number of methoxy groups -OCH3 is 1. The van der Waals surface area contributed by atoms with Crippen molar-refractivity contribution in [3.05, 3.63) is 71.7 Å². The van der Waals surface area contributed by atoms with Gasteiger partial charge in [0, 0.05) is 19.0 Å². The minimum absolute atomic E-state index is 0.159. The Hall–Kier alpha value is -3.68. The van der Waals surface area contributed by atoms with Crippen LogP contribution in [0.4, 0.5) is 0 Å². The molecule has 1 N–H and O–H groups in total. The first kappa shape index (κ1) is 19.6. The maximum absolute atomic E-state index is 12.8. The van der Waals surface area contributed by atoms with E-state index >= 15 is 0 Å². The number of imidazole rings is 1. The molecule has 1 aliphatic rings. The molecule has 154 valence electrons. The van der Waals surface area contributed by atoms with Crippen molar-refractivity contribution in [3.8, 4) is 0 Å². The summed E-state index contributed by atoms with van der Waals surface area (Å²) in [5.41, 5.74) is 2.08. The molecule has 0 bridgehead atoms. The van der Waals surface area contributed by atoms with Crippen LogP contribution in [0.5, 0.6) is 0 Å². The number of ether oxygens (including phenoxy) is 1. The molecule has 1 amide bonds. The molecular formula is C22H22N4O4. The van der Waals surface area contributed by atoms with Crippen LogP contribution in [0.3, 0.4) is 0 Å². The summed E-state index contributed by atoms with van der Waals surface area (Å²) in [6.45, 7) is 1.95. The average molecular weight is 406 g/mol. The van der Waals surface area contributed by atoms with Crippen LogP contribution in [0.15, 0.2) is 59.9 Å². The number of rotatable bonds is 6. The Morgan fingerprint density at radius 3 is 2.73 bits per heavy atom. The number of carbonyl (C=O) groups is 2. The lowest BCUT2D eigenvalue weighted by atomic mass is 9.89. The first-order chi connectivity index (χ1) is 14.5. The molecule has 8 nitrogen and oxygen atoms in total. The highest BCUT2D eigenvalue weighted by molar-refractivity contribution is 6.00. The van der Waals surface area contributed by atoms with Crippen LogP contribution in [-0.4, -0.2) is 46.2 Å². The molecular weight excluding hydrogens is 384 g/mol. The van der Waals surface area contributed by atoms with Crippen molar-refractivity contribution < 1.29 is 19.2 Å². The van der Waals surface area contributed by atoms with Gasteiger partial charge >= 0.3 is 5.97 Å². The number of pyridine rings is 1. The summed E-state index contributed by atoms with van der Waals surface area (Å²) in [5, 5.41) is 6.93. The number of aromatic nitrogens is 2. The number of benzene rings is 1. The van der Waals surface area contributed by atoms with Crippen LogP contribution in [-0.2, 0) is 20.8 Å². The lowest BCUT2D eigenvalue weighted by Crippen LogP contribution is -2.43. The molecule has 0 saturated carbocycles. The number of nitrogens with one attached hydrogen (secondary N) is 1. The fourth-order valence-electron chi connectivity index (χ4n) is 3.68. The van der Waals surface area contributed by atoms with E-state index in [-0.39, 0.29) is 18.9 Å². The molecule has 1 atom stereocenters. The largest absolute Gasteiger partial charge is 0.466 e. The number of hydrogen-bond donors (Lipinski definition) is 1. The molecule has 4 rings (SSSR count). The van der Waals surface area contributed by atoms with Gasteiger partial charge in [0.2, 0.25) is 5.60 Å². The summed E-state index contributed by atoms with van der Waals surface area (Å²) >= 11 is 0. The second-order valence-electron chi connectivity index (χ2n) is 7.23. The molecule has 0 saturated heterocycles. The SMILES string of the molecule is COC(=O)C1(Cc2ccccc2)CC(CNC(=O)c2c(C)nc3ccccn23)=NO1. The van der Waals surface area contributed by atoms with Crippen LogP contribution in [0.2, 0.25) is 0 Å². The van der Waals surface area contributed by atoms with Gasteiger partial charge in [0.1, 0.15) is 11.3 Å². The van der Waals surface area contributed by atoms with Gasteiger partial charge in [-0.25, -0.2) is 9.78 Å². The van der Waals surface area contributed by atoms with Gasteiger partial charge in [0.05, 0.1) is 25.1 Å². The van der Waals surface area contributed by atoms with Crippen LogP contribution in [0.25, 0.3) is 5.65 Å². The predicted molar refractivity (Wildman–Crippen MR) is 110 cm³/mol. The Morgan fingerprint density at radius 1 is 1.20 bits per heavy atom. The van der Waals surface area contributed by atoms with Gasteiger partial charge in [-0.2, -0.15) is 0 Å². The van der Waals surface area contributed by atoms with E-state index < -0.39 is 11.6 Å². The fourth-order valence-corrected chi connectivity index (χ4v) is 3.68. The van der Waals surface area contributed by atoms with Crippen molar-refractivity contribution in [1.82, 2.24) is 14.7 Å². The lowest BCUT2D eigenvalue weighted by Gasteiger charge is -2.23. The highest BCUT2D eigenvalue weighted by atomic mass is 16.7. The fraction of sp³-hybridized carbons (Fsp3) is 0.273. The minimum atomic E-state index is -1.23. The maximum Gasteiger partial charge on any atom is 0.353 e. The zero-order valence-corrected chi connectivity index (χ0v) is 16.8. The molecule has 0 radical (unpaired) electrons. The predicted octanol–water partition coefficient (Wildman–Crippen LogP) is 2.30. The molecule has 3 heterocycles. The Morgan fingerprint density at radius 2 is 1.97 bits per heavy atom. The number of fused-ring (bicyclic) bond motifs is 1. The van der Waals surface area contributed by atoms with Crippen LogP contribution < -0.4 is 5.32 Å². The Balaban J connectivity index is 1.46. The van der Waals surface area contributed by atoms with Crippen LogP contribution in [0.1, 0.15) is 28.2 Å². The monoisotopic (exact) mass is 406 g/mol. The summed E-state index contributed by atoms with van der Waals surface area (Å²) in [7, 11) is 1.33. The molecule has 1 unspecified atom stereocenters. The van der Waals surface area contributed by atoms with Gasteiger partial charge in [-0.3, -0.25) is 9.20 Å². The normalized spacial score (nSPS) is 18.0. The van der Waals surface area contributed by atoms with E-state index in [2.05, 4.69) is 15.5 Å². The first-order valence-electron chi connectivity index (χ1n) is 9.60. The van der Waals surface area contributed by atoms with Gasteiger partial charge in [-0.05, 0) is 24.6 Å². The molecule has 8 heteroatoms. The zero-order valence-electron chi connectivity index (χ0n) is 16.8. The number of hydrogen-bond acceptors (Lipinski definition) is 6. The molecule has 2 aromatic heterocycles. The zero-order chi connectivity index (χ0) is 21.1. The summed E-state index contributed by atoms with van der Waals surface area (Å²) in [6, 6.07) is 15.1. The number of aryl methyl sites for hydroxylation is 1. The Kier molecular flexibility index (Phi) is 5.22. The third-order valence-corrected chi connectivity index (χ3v) is 5.10. The van der Waals surface area contributed by atoms with E-state index in [4.69, 9.17) is 9.57 Å². The number of esters is 1. The van der Waals surface area contributed by atoms with Gasteiger partial charge in [0.15, 0.2) is 0 Å². The van der Waals surface area contributed by atoms with Crippen molar-refractivity contribution in [3.63, 3.8) is 0 Å². The van der Waals surface area contributed by atoms with E-state index in [0.29, 0.717) is 29.2 Å². The summed E-state index contributed by atoms with van der Waals surface area (Å²) in [5.74, 6) is -0.762. The molecule has 0 fully saturated rings. The number of amides is 1. The van der Waals surface area contributed by atoms with Crippen molar-refractivity contribution in [2.24, 2.45) is 5.16 Å². The minimum Gasteiger partial charge on any atom is -0.466 e. The van der Waals surface area contributed by atoms with Crippen molar-refractivity contribution in [1.29, 1.82) is 0 Å². The molecule has 3 aromatic rings.